The fourth-order valence-corrected chi connectivity index (χ4v) is 2.41. The van der Waals surface area contributed by atoms with Crippen LogP contribution < -0.4 is 10.1 Å². The molecule has 1 aliphatic carbocycles. The van der Waals surface area contributed by atoms with Crippen molar-refractivity contribution in [2.45, 2.75) is 33.1 Å². The second-order valence-corrected chi connectivity index (χ2v) is 5.23. The number of carbonyl (C=O) groups is 2. The van der Waals surface area contributed by atoms with Gasteiger partial charge in [-0.05, 0) is 56.9 Å². The maximum absolute atomic E-state index is 12.2. The van der Waals surface area contributed by atoms with Crippen molar-refractivity contribution >= 4 is 17.6 Å². The molecule has 2 N–H and O–H groups in total. The first-order valence-corrected chi connectivity index (χ1v) is 6.92. The number of nitrogens with one attached hydrogen (secondary N) is 1. The lowest BCUT2D eigenvalue weighted by atomic mass is 10.1. The highest BCUT2D eigenvalue weighted by molar-refractivity contribution is 6.04. The Morgan fingerprint density at radius 2 is 2.05 bits per heavy atom. The van der Waals surface area contributed by atoms with Gasteiger partial charge in [0.1, 0.15) is 5.75 Å². The molecule has 5 heteroatoms. The molecule has 1 aromatic rings. The van der Waals surface area contributed by atoms with Crippen molar-refractivity contribution in [1.29, 1.82) is 0 Å². The van der Waals surface area contributed by atoms with Crippen LogP contribution in [0.1, 0.15) is 31.7 Å². The van der Waals surface area contributed by atoms with Gasteiger partial charge >= 0.3 is 5.97 Å². The lowest BCUT2D eigenvalue weighted by Gasteiger charge is -2.11. The van der Waals surface area contributed by atoms with E-state index in [-0.39, 0.29) is 12.5 Å². The Morgan fingerprint density at radius 3 is 2.62 bits per heavy atom. The molecule has 21 heavy (non-hydrogen) atoms. The van der Waals surface area contributed by atoms with E-state index in [9.17, 15) is 9.59 Å². The van der Waals surface area contributed by atoms with Crippen molar-refractivity contribution < 1.29 is 19.4 Å². The summed E-state index contributed by atoms with van der Waals surface area (Å²) in [6, 6.07) is 5.10. The first-order chi connectivity index (χ1) is 9.97. The lowest BCUT2D eigenvalue weighted by Crippen LogP contribution is -2.15. The van der Waals surface area contributed by atoms with Gasteiger partial charge in [0.2, 0.25) is 0 Å². The molecule has 0 unspecified atom stereocenters. The number of anilines is 1. The molecule has 0 bridgehead atoms. The van der Waals surface area contributed by atoms with Crippen molar-refractivity contribution in [3.63, 3.8) is 0 Å². The van der Waals surface area contributed by atoms with Gasteiger partial charge in [0.25, 0.3) is 5.91 Å². The second-order valence-electron chi connectivity index (χ2n) is 5.23. The quantitative estimate of drug-likeness (QED) is 0.874. The molecule has 0 heterocycles. The molecule has 0 spiro atoms. The minimum Gasteiger partial charge on any atom is -0.482 e. The Hall–Kier alpha value is -2.30. The van der Waals surface area contributed by atoms with Crippen LogP contribution in [0.5, 0.6) is 5.75 Å². The number of rotatable bonds is 5. The first-order valence-electron chi connectivity index (χ1n) is 6.92. The number of carboxylic acid groups (broad SMARTS) is 1. The van der Waals surface area contributed by atoms with E-state index in [0.29, 0.717) is 5.75 Å². The maximum Gasteiger partial charge on any atom is 0.341 e. The Morgan fingerprint density at radius 1 is 1.29 bits per heavy atom. The third-order valence-electron chi connectivity index (χ3n) is 3.58. The smallest absolute Gasteiger partial charge is 0.341 e. The molecule has 112 valence electrons. The number of aliphatic carboxylic acids is 1. The van der Waals surface area contributed by atoms with Gasteiger partial charge in [-0.1, -0.05) is 5.57 Å². The van der Waals surface area contributed by atoms with Crippen LogP contribution in [-0.4, -0.2) is 23.6 Å². The molecule has 5 nitrogen and oxygen atoms in total. The fraction of sp³-hybridized carbons (Fsp3) is 0.375. The number of amides is 1. The molecule has 0 aromatic heterocycles. The average molecular weight is 289 g/mol. The van der Waals surface area contributed by atoms with E-state index in [4.69, 9.17) is 9.84 Å². The molecule has 0 fully saturated rings. The van der Waals surface area contributed by atoms with Crippen molar-refractivity contribution in [3.8, 4) is 5.75 Å². The molecule has 0 radical (unpaired) electrons. The van der Waals surface area contributed by atoms with Crippen molar-refractivity contribution in [3.05, 3.63) is 34.9 Å². The maximum atomic E-state index is 12.2. The topological polar surface area (TPSA) is 75.6 Å². The van der Waals surface area contributed by atoms with Crippen molar-refractivity contribution in [2.24, 2.45) is 0 Å². The summed E-state index contributed by atoms with van der Waals surface area (Å²) in [5.41, 5.74) is 3.59. The highest BCUT2D eigenvalue weighted by atomic mass is 16.5. The van der Waals surface area contributed by atoms with Gasteiger partial charge in [-0.15, -0.1) is 0 Å². The van der Waals surface area contributed by atoms with E-state index in [1.54, 1.807) is 18.2 Å². The highest BCUT2D eigenvalue weighted by Gasteiger charge is 2.18. The van der Waals surface area contributed by atoms with Crippen LogP contribution in [0.15, 0.2) is 29.3 Å². The monoisotopic (exact) mass is 289 g/mol. The SMILES string of the molecule is CC1=C(C(=O)Nc2ccc(OCC(=O)O)cc2C)CCC1. The number of allylic oxidation sites excluding steroid dienone is 1. The Labute approximate surface area is 123 Å². The number of hydrogen-bond acceptors (Lipinski definition) is 3. The number of hydrogen-bond donors (Lipinski definition) is 2. The van der Waals surface area contributed by atoms with Crippen LogP contribution in [0.4, 0.5) is 5.69 Å². The number of carbonyl (C=O) groups excluding carboxylic acids is 1. The van der Waals surface area contributed by atoms with Gasteiger partial charge in [-0.25, -0.2) is 4.79 Å². The summed E-state index contributed by atoms with van der Waals surface area (Å²) in [5.74, 6) is -0.592. The summed E-state index contributed by atoms with van der Waals surface area (Å²) in [6.07, 6.45) is 2.86. The zero-order chi connectivity index (χ0) is 15.4. The van der Waals surface area contributed by atoms with E-state index >= 15 is 0 Å². The van der Waals surface area contributed by atoms with Gasteiger partial charge < -0.3 is 15.2 Å². The van der Waals surface area contributed by atoms with Gasteiger partial charge in [0, 0.05) is 11.3 Å². The molecule has 1 aromatic carbocycles. The van der Waals surface area contributed by atoms with E-state index in [1.807, 2.05) is 13.8 Å². The summed E-state index contributed by atoms with van der Waals surface area (Å²) in [7, 11) is 0. The number of aryl methyl sites for hydroxylation is 1. The van der Waals surface area contributed by atoms with Crippen LogP contribution in [0.25, 0.3) is 0 Å². The molecule has 0 aliphatic heterocycles. The van der Waals surface area contributed by atoms with Crippen LogP contribution in [0.3, 0.4) is 0 Å². The second kappa shape index (κ2) is 6.43. The summed E-state index contributed by atoms with van der Waals surface area (Å²) < 4.78 is 5.10. The van der Waals surface area contributed by atoms with Crippen molar-refractivity contribution in [2.75, 3.05) is 11.9 Å². The number of ether oxygens (including phenoxy) is 1. The predicted molar refractivity (Wildman–Crippen MR) is 79.5 cm³/mol. The van der Waals surface area contributed by atoms with Gasteiger partial charge in [0.15, 0.2) is 6.61 Å². The summed E-state index contributed by atoms with van der Waals surface area (Å²) >= 11 is 0. The average Bonchev–Trinajstić information content (AvgIpc) is 2.85. The minimum absolute atomic E-state index is 0.0488. The Kier molecular flexibility index (Phi) is 4.62. The van der Waals surface area contributed by atoms with E-state index in [1.165, 1.54) is 0 Å². The molecule has 2 rings (SSSR count). The standard InChI is InChI=1S/C16H19NO4/c1-10-4-3-5-13(10)16(20)17-14-7-6-12(8-11(14)2)21-9-15(18)19/h6-8H,3-5,9H2,1-2H3,(H,17,20)(H,18,19). The molecule has 0 saturated carbocycles. The van der Waals surface area contributed by atoms with Crippen LogP contribution in [0, 0.1) is 6.92 Å². The lowest BCUT2D eigenvalue weighted by molar-refractivity contribution is -0.139. The Balaban J connectivity index is 2.05. The summed E-state index contributed by atoms with van der Waals surface area (Å²) in [5, 5.41) is 11.5. The predicted octanol–water partition coefficient (Wildman–Crippen LogP) is 2.90. The summed E-state index contributed by atoms with van der Waals surface area (Å²) in [6.45, 7) is 3.47. The third-order valence-corrected chi connectivity index (χ3v) is 3.58. The normalized spacial score (nSPS) is 14.2. The Bertz CT molecular complexity index is 604. The zero-order valence-corrected chi connectivity index (χ0v) is 12.2. The van der Waals surface area contributed by atoms with Crippen molar-refractivity contribution in [1.82, 2.24) is 0 Å². The number of benzene rings is 1. The fourth-order valence-electron chi connectivity index (χ4n) is 2.41. The van der Waals surface area contributed by atoms with E-state index < -0.39 is 5.97 Å². The van der Waals surface area contributed by atoms with Gasteiger partial charge in [-0.2, -0.15) is 0 Å². The molecule has 1 aliphatic rings. The largest absolute Gasteiger partial charge is 0.482 e. The molecular weight excluding hydrogens is 270 g/mol. The molecular formula is C16H19NO4. The molecule has 0 saturated heterocycles. The minimum atomic E-state index is -1.02. The van der Waals surface area contributed by atoms with Gasteiger partial charge in [0.05, 0.1) is 0 Å². The highest BCUT2D eigenvalue weighted by Crippen LogP contribution is 2.27. The third kappa shape index (κ3) is 3.84. The number of carboxylic acids is 1. The zero-order valence-electron chi connectivity index (χ0n) is 12.2. The van der Waals surface area contributed by atoms with Gasteiger partial charge in [-0.3, -0.25) is 4.79 Å². The van der Waals surface area contributed by atoms with Crippen LogP contribution >= 0.6 is 0 Å². The van der Waals surface area contributed by atoms with E-state index in [2.05, 4.69) is 5.32 Å². The molecule has 0 atom stereocenters. The van der Waals surface area contributed by atoms with E-state index in [0.717, 1.165) is 41.7 Å². The first kappa shape index (κ1) is 15.1. The van der Waals surface area contributed by atoms with Crippen LogP contribution in [0.2, 0.25) is 0 Å². The van der Waals surface area contributed by atoms with Crippen LogP contribution in [-0.2, 0) is 9.59 Å². The summed E-state index contributed by atoms with van der Waals surface area (Å²) in [4.78, 5) is 22.7. The molecule has 1 amide bonds.